The second-order valence-corrected chi connectivity index (χ2v) is 8.50. The number of hydrogen-bond acceptors (Lipinski definition) is 0. The lowest BCUT2D eigenvalue weighted by molar-refractivity contribution is 0.0178. The van der Waals surface area contributed by atoms with Crippen LogP contribution in [0.3, 0.4) is 0 Å². The first kappa shape index (κ1) is 22.4. The number of benzene rings is 3. The van der Waals surface area contributed by atoms with Crippen molar-refractivity contribution in [3.8, 4) is 22.3 Å². The topological polar surface area (TPSA) is 0 Å². The third-order valence-electron chi connectivity index (χ3n) is 6.11. The van der Waals surface area contributed by atoms with Gasteiger partial charge in [0, 0.05) is 11.1 Å². The van der Waals surface area contributed by atoms with Crippen molar-refractivity contribution in [2.24, 2.45) is 5.92 Å². The fourth-order valence-electron chi connectivity index (χ4n) is 4.30. The first-order valence-corrected chi connectivity index (χ1v) is 10.5. The molecule has 1 aliphatic carbocycles. The van der Waals surface area contributed by atoms with E-state index >= 15 is 0 Å². The minimum Gasteiger partial charge on any atom is -0.244 e. The first-order chi connectivity index (χ1) is 15.2. The molecule has 168 valence electrons. The number of hydrogen-bond donors (Lipinski definition) is 0. The van der Waals surface area contributed by atoms with Crippen molar-refractivity contribution in [2.45, 2.75) is 44.7 Å². The summed E-state index contributed by atoms with van der Waals surface area (Å²) in [6.45, 7) is 1.94. The normalized spacial score (nSPS) is 23.3. The summed E-state index contributed by atoms with van der Waals surface area (Å²) in [6.07, 6.45) is -7.02. The van der Waals surface area contributed by atoms with E-state index in [9.17, 15) is 26.3 Å². The Morgan fingerprint density at radius 1 is 0.688 bits per heavy atom. The standard InChI is InChI=1S/C26H22F6/c1-14-2-4-16(5-3-14)17-6-7-19(21(27)11-17)18-12-22(28)20(23(29)13-18)8-15-9-24(30)26(32)25(31)10-15/h2-7,11-13,15,24-26H,8-10H2,1H3. The van der Waals surface area contributed by atoms with E-state index < -0.39 is 41.9 Å². The van der Waals surface area contributed by atoms with E-state index in [1.165, 1.54) is 12.1 Å². The van der Waals surface area contributed by atoms with Gasteiger partial charge in [-0.05, 0) is 67.0 Å². The summed E-state index contributed by atoms with van der Waals surface area (Å²) in [6, 6.07) is 14.0. The smallest absolute Gasteiger partial charge is 0.162 e. The lowest BCUT2D eigenvalue weighted by atomic mass is 9.81. The Morgan fingerprint density at radius 3 is 1.78 bits per heavy atom. The average Bonchev–Trinajstić information content (AvgIpc) is 2.75. The largest absolute Gasteiger partial charge is 0.244 e. The highest BCUT2D eigenvalue weighted by atomic mass is 19.2. The molecule has 0 bridgehead atoms. The van der Waals surface area contributed by atoms with Crippen molar-refractivity contribution in [3.05, 3.63) is 83.2 Å². The molecular weight excluding hydrogens is 426 g/mol. The van der Waals surface area contributed by atoms with Gasteiger partial charge in [-0.25, -0.2) is 26.3 Å². The zero-order valence-electron chi connectivity index (χ0n) is 17.4. The monoisotopic (exact) mass is 448 g/mol. The molecule has 3 aromatic carbocycles. The van der Waals surface area contributed by atoms with E-state index in [4.69, 9.17) is 0 Å². The molecule has 0 spiro atoms. The summed E-state index contributed by atoms with van der Waals surface area (Å²) >= 11 is 0. The number of halogens is 6. The highest BCUT2D eigenvalue weighted by Gasteiger charge is 2.39. The second kappa shape index (κ2) is 9.00. The number of alkyl halides is 3. The quantitative estimate of drug-likeness (QED) is 0.359. The summed E-state index contributed by atoms with van der Waals surface area (Å²) < 4.78 is 84.8. The molecule has 0 N–H and O–H groups in total. The van der Waals surface area contributed by atoms with Crippen molar-refractivity contribution in [1.29, 1.82) is 0 Å². The van der Waals surface area contributed by atoms with Crippen LogP contribution in [0, 0.1) is 30.3 Å². The lowest BCUT2D eigenvalue weighted by Crippen LogP contribution is -2.37. The van der Waals surface area contributed by atoms with E-state index in [0.29, 0.717) is 5.56 Å². The highest BCUT2D eigenvalue weighted by Crippen LogP contribution is 2.36. The van der Waals surface area contributed by atoms with E-state index in [0.717, 1.165) is 23.3 Å². The van der Waals surface area contributed by atoms with Gasteiger partial charge >= 0.3 is 0 Å². The number of aryl methyl sites for hydroxylation is 1. The Labute approximate surface area is 182 Å². The molecule has 1 aliphatic rings. The van der Waals surface area contributed by atoms with Crippen LogP contribution in [0.25, 0.3) is 22.3 Å². The van der Waals surface area contributed by atoms with Crippen molar-refractivity contribution in [2.75, 3.05) is 0 Å². The van der Waals surface area contributed by atoms with Gasteiger partial charge < -0.3 is 0 Å². The van der Waals surface area contributed by atoms with E-state index in [1.807, 2.05) is 31.2 Å². The molecule has 0 aliphatic heterocycles. The molecule has 0 saturated heterocycles. The maximum atomic E-state index is 14.8. The molecule has 0 amide bonds. The maximum absolute atomic E-state index is 14.8. The van der Waals surface area contributed by atoms with Crippen molar-refractivity contribution >= 4 is 0 Å². The van der Waals surface area contributed by atoms with Crippen LogP contribution in [0.2, 0.25) is 0 Å². The highest BCUT2D eigenvalue weighted by molar-refractivity contribution is 5.71. The molecule has 0 heterocycles. The SMILES string of the molecule is Cc1ccc(-c2ccc(-c3cc(F)c(CC4CC(F)C(F)C(F)C4)c(F)c3)c(F)c2)cc1. The predicted molar refractivity (Wildman–Crippen MR) is 113 cm³/mol. The van der Waals surface area contributed by atoms with E-state index in [1.54, 1.807) is 6.07 Å². The first-order valence-electron chi connectivity index (χ1n) is 10.5. The van der Waals surface area contributed by atoms with Crippen molar-refractivity contribution < 1.29 is 26.3 Å². The molecule has 4 rings (SSSR count). The van der Waals surface area contributed by atoms with E-state index in [2.05, 4.69) is 0 Å². The molecule has 1 saturated carbocycles. The van der Waals surface area contributed by atoms with Crippen LogP contribution in [0.4, 0.5) is 26.3 Å². The third-order valence-corrected chi connectivity index (χ3v) is 6.11. The third kappa shape index (κ3) is 4.54. The molecule has 0 nitrogen and oxygen atoms in total. The van der Waals surface area contributed by atoms with Crippen LogP contribution in [0.15, 0.2) is 54.6 Å². The Balaban J connectivity index is 1.58. The van der Waals surface area contributed by atoms with Gasteiger partial charge in [-0.15, -0.1) is 0 Å². The van der Waals surface area contributed by atoms with Crippen molar-refractivity contribution in [1.82, 2.24) is 0 Å². The minimum absolute atomic E-state index is 0.0240. The van der Waals surface area contributed by atoms with Crippen molar-refractivity contribution in [3.63, 3.8) is 0 Å². The van der Waals surface area contributed by atoms with Gasteiger partial charge in [-0.3, -0.25) is 0 Å². The molecule has 2 atom stereocenters. The lowest BCUT2D eigenvalue weighted by Gasteiger charge is -2.30. The molecule has 0 aromatic heterocycles. The summed E-state index contributed by atoms with van der Waals surface area (Å²) in [5.41, 5.74) is 2.25. The van der Waals surface area contributed by atoms with Gasteiger partial charge in [-0.1, -0.05) is 42.0 Å². The molecule has 6 heteroatoms. The molecule has 1 fully saturated rings. The van der Waals surface area contributed by atoms with Gasteiger partial charge in [-0.2, -0.15) is 0 Å². The van der Waals surface area contributed by atoms with Gasteiger partial charge in [0.15, 0.2) is 6.17 Å². The summed E-state index contributed by atoms with van der Waals surface area (Å²) in [7, 11) is 0. The summed E-state index contributed by atoms with van der Waals surface area (Å²) in [4.78, 5) is 0. The number of rotatable bonds is 4. The molecule has 2 unspecified atom stereocenters. The summed E-state index contributed by atoms with van der Waals surface area (Å²) in [5, 5.41) is 0. The van der Waals surface area contributed by atoms with Crippen LogP contribution in [0.5, 0.6) is 0 Å². The molecular formula is C26H22F6. The minimum atomic E-state index is -2.20. The fourth-order valence-corrected chi connectivity index (χ4v) is 4.30. The van der Waals surface area contributed by atoms with Gasteiger partial charge in [0.05, 0.1) is 0 Å². The Bertz CT molecular complexity index is 1070. The van der Waals surface area contributed by atoms with Crippen LogP contribution in [-0.4, -0.2) is 18.5 Å². The Hall–Kier alpha value is -2.76. The molecule has 32 heavy (non-hydrogen) atoms. The predicted octanol–water partition coefficient (Wildman–Crippen LogP) is 7.71. The second-order valence-electron chi connectivity index (χ2n) is 8.50. The zero-order chi connectivity index (χ0) is 23.0. The van der Waals surface area contributed by atoms with Crippen LogP contribution >= 0.6 is 0 Å². The fraction of sp³-hybridized carbons (Fsp3) is 0.308. The maximum Gasteiger partial charge on any atom is 0.162 e. The van der Waals surface area contributed by atoms with Gasteiger partial charge in [0.2, 0.25) is 0 Å². The zero-order valence-corrected chi connectivity index (χ0v) is 17.4. The van der Waals surface area contributed by atoms with Crippen LogP contribution in [0.1, 0.15) is 24.0 Å². The average molecular weight is 448 g/mol. The van der Waals surface area contributed by atoms with Crippen LogP contribution < -0.4 is 0 Å². The molecule has 0 radical (unpaired) electrons. The van der Waals surface area contributed by atoms with Gasteiger partial charge in [0.1, 0.15) is 29.8 Å². The Morgan fingerprint density at radius 2 is 1.22 bits per heavy atom. The molecule has 3 aromatic rings. The Kier molecular flexibility index (Phi) is 6.31. The summed E-state index contributed by atoms with van der Waals surface area (Å²) in [5.74, 6) is -3.19. The van der Waals surface area contributed by atoms with E-state index in [-0.39, 0.29) is 36.0 Å². The van der Waals surface area contributed by atoms with Crippen LogP contribution in [-0.2, 0) is 6.42 Å². The van der Waals surface area contributed by atoms with Gasteiger partial charge in [0.25, 0.3) is 0 Å².